The molecular formula is C31H27N9O2S. The van der Waals surface area contributed by atoms with Crippen molar-refractivity contribution in [3.05, 3.63) is 116 Å². The highest BCUT2D eigenvalue weighted by Crippen LogP contribution is 2.21. The molecule has 0 bridgehead atoms. The highest BCUT2D eigenvalue weighted by Gasteiger charge is 2.23. The number of nitrogens with two attached hydrogens (primary N) is 1. The summed E-state index contributed by atoms with van der Waals surface area (Å²) in [6.45, 7) is 6.89. The quantitative estimate of drug-likeness (QED) is 0.169. The fourth-order valence-electron chi connectivity index (χ4n) is 4.34. The van der Waals surface area contributed by atoms with Crippen LogP contribution in [0.2, 0.25) is 0 Å². The van der Waals surface area contributed by atoms with Crippen LogP contribution in [0.1, 0.15) is 42.5 Å². The number of hydrogen-bond donors (Lipinski definition) is 2. The molecule has 0 radical (unpaired) electrons. The minimum Gasteiger partial charge on any atom is -0.382 e. The maximum atomic E-state index is 14.2. The van der Waals surface area contributed by atoms with Gasteiger partial charge in [0, 0.05) is 24.2 Å². The number of aryl methyl sites for hydroxylation is 1. The monoisotopic (exact) mass is 589 g/mol. The van der Waals surface area contributed by atoms with Crippen LogP contribution in [0.15, 0.2) is 98.1 Å². The van der Waals surface area contributed by atoms with E-state index < -0.39 is 11.9 Å². The maximum Gasteiger partial charge on any atom is 0.274 e. The molecule has 0 spiro atoms. The van der Waals surface area contributed by atoms with Crippen molar-refractivity contribution in [1.82, 2.24) is 29.6 Å². The van der Waals surface area contributed by atoms with E-state index in [0.29, 0.717) is 44.9 Å². The van der Waals surface area contributed by atoms with Crippen LogP contribution in [0.5, 0.6) is 0 Å². The minimum atomic E-state index is -0.752. The topological polar surface area (TPSA) is 145 Å². The highest BCUT2D eigenvalue weighted by atomic mass is 32.1. The number of thiazole rings is 1. The van der Waals surface area contributed by atoms with E-state index in [-0.39, 0.29) is 17.1 Å². The van der Waals surface area contributed by atoms with Crippen LogP contribution in [0.25, 0.3) is 16.6 Å². The van der Waals surface area contributed by atoms with Gasteiger partial charge in [0.2, 0.25) is 0 Å². The molecule has 3 N–H and O–H groups in total. The summed E-state index contributed by atoms with van der Waals surface area (Å²) in [5.41, 5.74) is 10.6. The Morgan fingerprint density at radius 2 is 1.95 bits per heavy atom. The Kier molecular flexibility index (Phi) is 8.36. The zero-order chi connectivity index (χ0) is 30.5. The predicted octanol–water partition coefficient (Wildman–Crippen LogP) is 3.49. The zero-order valence-corrected chi connectivity index (χ0v) is 24.5. The average Bonchev–Trinajstić information content (AvgIpc) is 3.70. The van der Waals surface area contributed by atoms with Crippen molar-refractivity contribution in [2.45, 2.75) is 19.9 Å². The Balaban J connectivity index is 1.60. The number of para-hydroxylation sites is 1. The number of amides is 1. The average molecular weight is 590 g/mol. The third-order valence-electron chi connectivity index (χ3n) is 6.43. The van der Waals surface area contributed by atoms with Crippen LogP contribution in [-0.2, 0) is 11.8 Å². The van der Waals surface area contributed by atoms with Crippen molar-refractivity contribution in [2.24, 2.45) is 22.8 Å². The van der Waals surface area contributed by atoms with E-state index >= 15 is 0 Å². The number of benzene rings is 2. The Morgan fingerprint density at radius 1 is 1.16 bits per heavy atom. The standard InChI is InChI=1S/C31H27N9O2S/c1-19(25-17-43-18-34-25)36-27(28(32)33-3)30(41)37-20(2)29-38-24-12-8-9-22(14-13-21-15-35-39(4)16-21)26(24)31(42)40(29)23-10-6-5-7-11-23/h5-12,15-18,20H,3,32H2,1-2,4H3,(H,37,41)/b28-27-,36-19+. The molecule has 1 amide bonds. The number of aliphatic imine (C=N–C) groups is 2. The molecule has 0 aliphatic carbocycles. The van der Waals surface area contributed by atoms with E-state index in [2.05, 4.69) is 43.9 Å². The van der Waals surface area contributed by atoms with Crippen LogP contribution >= 0.6 is 11.3 Å². The van der Waals surface area contributed by atoms with Gasteiger partial charge in [0.15, 0.2) is 11.5 Å². The van der Waals surface area contributed by atoms with Crippen molar-refractivity contribution < 1.29 is 4.79 Å². The smallest absolute Gasteiger partial charge is 0.274 e. The number of carbonyl (C=O) groups is 1. The van der Waals surface area contributed by atoms with Crippen LogP contribution in [0.3, 0.4) is 0 Å². The Hall–Kier alpha value is -5.67. The number of aromatic nitrogens is 5. The van der Waals surface area contributed by atoms with E-state index in [1.54, 1.807) is 72.1 Å². The lowest BCUT2D eigenvalue weighted by atomic mass is 10.1. The lowest BCUT2D eigenvalue weighted by molar-refractivity contribution is -0.118. The molecule has 2 aromatic carbocycles. The predicted molar refractivity (Wildman–Crippen MR) is 168 cm³/mol. The number of rotatable bonds is 7. The summed E-state index contributed by atoms with van der Waals surface area (Å²) in [6, 6.07) is 13.6. The van der Waals surface area contributed by atoms with Crippen molar-refractivity contribution in [1.29, 1.82) is 0 Å². The van der Waals surface area contributed by atoms with Gasteiger partial charge in [-0.1, -0.05) is 36.1 Å². The van der Waals surface area contributed by atoms with Crippen LogP contribution < -0.4 is 16.6 Å². The third-order valence-corrected chi connectivity index (χ3v) is 7.02. The van der Waals surface area contributed by atoms with Crippen LogP contribution in [0, 0.1) is 11.8 Å². The Morgan fingerprint density at radius 3 is 2.63 bits per heavy atom. The molecule has 1 atom stereocenters. The van der Waals surface area contributed by atoms with E-state index in [1.165, 1.54) is 15.9 Å². The van der Waals surface area contributed by atoms with E-state index in [9.17, 15) is 9.59 Å². The van der Waals surface area contributed by atoms with Crippen molar-refractivity contribution in [2.75, 3.05) is 0 Å². The van der Waals surface area contributed by atoms with E-state index in [4.69, 9.17) is 10.7 Å². The van der Waals surface area contributed by atoms with Gasteiger partial charge >= 0.3 is 0 Å². The van der Waals surface area contributed by atoms with Crippen molar-refractivity contribution in [3.63, 3.8) is 0 Å². The number of carbonyl (C=O) groups excluding carboxylic acids is 1. The molecule has 5 aromatic rings. The molecule has 0 saturated heterocycles. The number of hydrogen-bond acceptors (Lipinski definition) is 9. The normalized spacial score (nSPS) is 12.7. The van der Waals surface area contributed by atoms with Crippen molar-refractivity contribution in [3.8, 4) is 17.5 Å². The van der Waals surface area contributed by atoms with Gasteiger partial charge in [0.1, 0.15) is 5.82 Å². The van der Waals surface area contributed by atoms with Gasteiger partial charge in [-0.15, -0.1) is 11.3 Å². The molecule has 11 nitrogen and oxygen atoms in total. The van der Waals surface area contributed by atoms with Gasteiger partial charge in [0.05, 0.1) is 51.3 Å². The molecule has 0 aliphatic heterocycles. The second kappa shape index (κ2) is 12.5. The third kappa shape index (κ3) is 6.17. The number of nitrogens with one attached hydrogen (secondary N) is 1. The molecule has 214 valence electrons. The van der Waals surface area contributed by atoms with Crippen LogP contribution in [0.4, 0.5) is 0 Å². The molecule has 43 heavy (non-hydrogen) atoms. The summed E-state index contributed by atoms with van der Waals surface area (Å²) in [4.78, 5) is 44.9. The van der Waals surface area contributed by atoms with Gasteiger partial charge in [-0.3, -0.25) is 18.8 Å². The summed E-state index contributed by atoms with van der Waals surface area (Å²) < 4.78 is 3.13. The molecule has 3 heterocycles. The molecular weight excluding hydrogens is 562 g/mol. The van der Waals surface area contributed by atoms with Crippen LogP contribution in [-0.4, -0.2) is 42.7 Å². The first kappa shape index (κ1) is 28.8. The Labute approximate surface area is 251 Å². The maximum absolute atomic E-state index is 14.2. The summed E-state index contributed by atoms with van der Waals surface area (Å²) in [6.07, 6.45) is 3.45. The first-order valence-electron chi connectivity index (χ1n) is 13.1. The SMILES string of the molecule is C=N/C(N)=C(\N=C(/C)c1cscn1)C(=O)NC(C)c1nc2cccc(C#Cc3cnn(C)c3)c2c(=O)n1-c1ccccc1. The molecule has 0 fully saturated rings. The molecule has 0 aliphatic rings. The van der Waals surface area contributed by atoms with Gasteiger partial charge in [-0.05, 0) is 44.8 Å². The molecule has 12 heteroatoms. The molecule has 0 saturated carbocycles. The number of fused-ring (bicyclic) bond motifs is 1. The van der Waals surface area contributed by atoms with E-state index in [1.807, 2.05) is 25.2 Å². The second-order valence-corrected chi connectivity index (χ2v) is 10.2. The first-order chi connectivity index (χ1) is 20.8. The second-order valence-electron chi connectivity index (χ2n) is 9.46. The lowest BCUT2D eigenvalue weighted by Crippen LogP contribution is -2.34. The molecule has 5 rings (SSSR count). The first-order valence-corrected chi connectivity index (χ1v) is 14.0. The fourth-order valence-corrected chi connectivity index (χ4v) is 4.93. The molecule has 3 aromatic heterocycles. The van der Waals surface area contributed by atoms with E-state index in [0.717, 1.165) is 0 Å². The summed E-state index contributed by atoms with van der Waals surface area (Å²) >= 11 is 1.40. The molecule has 1 unspecified atom stereocenters. The highest BCUT2D eigenvalue weighted by molar-refractivity contribution is 7.07. The van der Waals surface area contributed by atoms with Gasteiger partial charge in [0.25, 0.3) is 11.5 Å². The van der Waals surface area contributed by atoms with Gasteiger partial charge in [-0.2, -0.15) is 5.10 Å². The van der Waals surface area contributed by atoms with Gasteiger partial charge < -0.3 is 11.1 Å². The summed E-state index contributed by atoms with van der Waals surface area (Å²) in [7, 11) is 1.81. The van der Waals surface area contributed by atoms with Crippen molar-refractivity contribution >= 4 is 40.6 Å². The summed E-state index contributed by atoms with van der Waals surface area (Å²) in [5, 5.41) is 9.19. The zero-order valence-electron chi connectivity index (χ0n) is 23.6. The van der Waals surface area contributed by atoms with Gasteiger partial charge in [-0.25, -0.2) is 20.0 Å². The lowest BCUT2D eigenvalue weighted by Gasteiger charge is -2.20. The minimum absolute atomic E-state index is 0.130. The summed E-state index contributed by atoms with van der Waals surface area (Å²) in [5.74, 6) is 5.70. The Bertz CT molecular complexity index is 2010. The number of nitrogens with zero attached hydrogens (tertiary/aromatic N) is 7. The largest absolute Gasteiger partial charge is 0.382 e. The fraction of sp³-hybridized carbons (Fsp3) is 0.129.